The van der Waals surface area contributed by atoms with Gasteiger partial charge in [-0.3, -0.25) is 23.9 Å². The number of carbonyl (C=O) groups is 5. The van der Waals surface area contributed by atoms with E-state index in [1.54, 1.807) is 56.4 Å². The SMILES string of the molecule is CC[C@@H]1C[C@H](C)CC/C=C\[C@@H]2C[C@@]2(C(=O)NS(=O)(=O)C2(C)CC2)NC(=O)[C@@H]2C[C@@H](Oc3ncc(N(C)C(=O)c4ccccc4)c4cc(OC)ccc34)CN2C(=O)[C@H]1NC(=O)O. The number of carboxylic acid groups (broad SMARTS) is 1. The summed E-state index contributed by atoms with van der Waals surface area (Å²) in [5.74, 6) is -2.57. The Kier molecular flexibility index (Phi) is 12.1. The number of rotatable bonds is 10. The van der Waals surface area contributed by atoms with E-state index in [1.165, 1.54) is 23.1 Å². The van der Waals surface area contributed by atoms with E-state index < -0.39 is 74.1 Å². The average Bonchev–Trinajstić information content (AvgIpc) is 4.12. The molecule has 2 saturated carbocycles. The monoisotopic (exact) mass is 858 g/mol. The Labute approximate surface area is 355 Å². The second-order valence-electron chi connectivity index (χ2n) is 17.2. The van der Waals surface area contributed by atoms with Crippen LogP contribution >= 0.6 is 0 Å². The predicted molar refractivity (Wildman–Crippen MR) is 227 cm³/mol. The summed E-state index contributed by atoms with van der Waals surface area (Å²) < 4.78 is 39.7. The Morgan fingerprint density at radius 2 is 1.82 bits per heavy atom. The van der Waals surface area contributed by atoms with Crippen molar-refractivity contribution in [3.8, 4) is 11.6 Å². The van der Waals surface area contributed by atoms with Crippen LogP contribution < -0.4 is 29.7 Å². The average molecular weight is 859 g/mol. The van der Waals surface area contributed by atoms with Crippen LogP contribution in [0.15, 0.2) is 66.9 Å². The Hall–Kier alpha value is -5.71. The zero-order valence-electron chi connectivity index (χ0n) is 35.1. The molecule has 7 rings (SSSR count). The number of nitrogens with one attached hydrogen (secondary N) is 3. The first kappa shape index (κ1) is 43.4. The van der Waals surface area contributed by atoms with Gasteiger partial charge in [-0.15, -0.1) is 0 Å². The summed E-state index contributed by atoms with van der Waals surface area (Å²) in [4.78, 5) is 76.5. The number of ether oxygens (including phenoxy) is 2. The van der Waals surface area contributed by atoms with E-state index in [0.717, 1.165) is 6.42 Å². The molecule has 4 N–H and O–H groups in total. The third-order valence-corrected chi connectivity index (χ3v) is 15.0. The summed E-state index contributed by atoms with van der Waals surface area (Å²) in [6.45, 7) is 5.36. The summed E-state index contributed by atoms with van der Waals surface area (Å²) >= 11 is 0. The van der Waals surface area contributed by atoms with E-state index in [2.05, 4.69) is 20.3 Å². The van der Waals surface area contributed by atoms with Gasteiger partial charge < -0.3 is 35.0 Å². The number of aromatic nitrogens is 1. The van der Waals surface area contributed by atoms with Crippen LogP contribution in [0.25, 0.3) is 10.8 Å². The molecule has 0 unspecified atom stereocenters. The number of hydrogen-bond donors (Lipinski definition) is 4. The molecule has 3 heterocycles. The number of hydrogen-bond acceptors (Lipinski definition) is 10. The highest BCUT2D eigenvalue weighted by atomic mass is 32.2. The van der Waals surface area contributed by atoms with Gasteiger partial charge in [-0.2, -0.15) is 0 Å². The summed E-state index contributed by atoms with van der Waals surface area (Å²) in [5.41, 5.74) is -0.646. The number of fused-ring (bicyclic) bond motifs is 3. The lowest BCUT2D eigenvalue weighted by Crippen LogP contribution is -2.59. The highest BCUT2D eigenvalue weighted by Crippen LogP contribution is 2.48. The van der Waals surface area contributed by atoms with Gasteiger partial charge in [-0.05, 0) is 87.6 Å². The maximum atomic E-state index is 14.7. The van der Waals surface area contributed by atoms with Crippen molar-refractivity contribution in [2.75, 3.05) is 25.6 Å². The normalized spacial score (nSPS) is 27.9. The summed E-state index contributed by atoms with van der Waals surface area (Å²) in [6.07, 6.45) is 6.30. The first-order valence-corrected chi connectivity index (χ1v) is 22.3. The van der Waals surface area contributed by atoms with E-state index in [9.17, 15) is 37.5 Å². The summed E-state index contributed by atoms with van der Waals surface area (Å²) in [6, 6.07) is 11.6. The second kappa shape index (κ2) is 17.0. The van der Waals surface area contributed by atoms with Crippen molar-refractivity contribution in [2.45, 2.75) is 101 Å². The molecule has 0 radical (unpaired) electrons. The lowest BCUT2D eigenvalue weighted by Gasteiger charge is -2.33. The number of sulfonamides is 1. The fraction of sp³-hybridized carbons (Fsp3) is 0.500. The van der Waals surface area contributed by atoms with Crippen LogP contribution in [0.4, 0.5) is 10.5 Å². The topological polar surface area (TPSA) is 214 Å². The first-order chi connectivity index (χ1) is 29.0. The van der Waals surface area contributed by atoms with Gasteiger partial charge in [0, 0.05) is 35.7 Å². The molecule has 5 amide bonds. The number of methoxy groups -OCH3 is 1. The minimum Gasteiger partial charge on any atom is -0.497 e. The maximum absolute atomic E-state index is 14.7. The quantitative estimate of drug-likeness (QED) is 0.204. The van der Waals surface area contributed by atoms with Gasteiger partial charge in [0.1, 0.15) is 29.5 Å². The van der Waals surface area contributed by atoms with Crippen molar-refractivity contribution in [2.24, 2.45) is 17.8 Å². The number of pyridine rings is 1. The number of amides is 5. The second-order valence-corrected chi connectivity index (χ2v) is 19.4. The zero-order valence-corrected chi connectivity index (χ0v) is 35.9. The van der Waals surface area contributed by atoms with Crippen LogP contribution in [0.3, 0.4) is 0 Å². The molecule has 0 bridgehead atoms. The number of anilines is 1. The first-order valence-electron chi connectivity index (χ1n) is 20.8. The van der Waals surface area contributed by atoms with Crippen LogP contribution in [-0.4, -0.2) is 102 Å². The smallest absolute Gasteiger partial charge is 0.405 e. The van der Waals surface area contributed by atoms with Crippen LogP contribution in [0.5, 0.6) is 11.6 Å². The Morgan fingerprint density at radius 1 is 1.08 bits per heavy atom. The molecule has 2 aliphatic carbocycles. The van der Waals surface area contributed by atoms with Crippen molar-refractivity contribution in [1.82, 2.24) is 25.2 Å². The fourth-order valence-electron chi connectivity index (χ4n) is 8.66. The van der Waals surface area contributed by atoms with Gasteiger partial charge in [-0.1, -0.05) is 50.6 Å². The number of carbonyl (C=O) groups excluding carboxylic acids is 4. The van der Waals surface area contributed by atoms with Gasteiger partial charge in [0.25, 0.3) is 11.8 Å². The molecule has 4 aliphatic rings. The molecular weight excluding hydrogens is 805 g/mol. The molecular formula is C44H54N6O10S. The fourth-order valence-corrected chi connectivity index (χ4v) is 9.97. The molecule has 3 aromatic rings. The molecule has 1 saturated heterocycles. The summed E-state index contributed by atoms with van der Waals surface area (Å²) in [5, 5.41) is 16.4. The Balaban J connectivity index is 1.24. The van der Waals surface area contributed by atoms with Crippen LogP contribution in [-0.2, 0) is 24.4 Å². The largest absolute Gasteiger partial charge is 0.497 e. The van der Waals surface area contributed by atoms with Crippen molar-refractivity contribution in [3.05, 3.63) is 72.4 Å². The number of allylic oxidation sites excluding steroid dienone is 1. The highest BCUT2D eigenvalue weighted by Gasteiger charge is 2.63. The van der Waals surface area contributed by atoms with E-state index in [1.807, 2.05) is 32.1 Å². The van der Waals surface area contributed by atoms with Crippen LogP contribution in [0.2, 0.25) is 0 Å². The van der Waals surface area contributed by atoms with E-state index in [-0.39, 0.29) is 37.1 Å². The number of benzene rings is 2. The molecule has 17 heteroatoms. The van der Waals surface area contributed by atoms with Crippen molar-refractivity contribution in [3.63, 3.8) is 0 Å². The van der Waals surface area contributed by atoms with Gasteiger partial charge in [0.15, 0.2) is 0 Å². The number of nitrogens with zero attached hydrogens (tertiary/aromatic N) is 3. The standard InChI is InChI=1S/C44H54N6O10S/c1-6-27-20-26(2)12-10-11-15-29-23-44(29,41(54)48-61(57,58)43(3)18-19-43)47-37(51)34-22-31(25-50(34)40(53)36(27)46-42(55)56)60-38-32-17-16-30(59-5)21-33(32)35(24-45-38)49(4)39(52)28-13-8-7-9-14-28/h7-9,11,13-17,21,24,26-27,29,31,34,36,46H,6,10,12,18-20,22-23,25H2,1-5H3,(H,47,51)(H,48,54)(H,55,56)/b15-11-/t26-,27-,29-,31-,34+,36+,44-/m1/s1. The summed E-state index contributed by atoms with van der Waals surface area (Å²) in [7, 11) is -0.883. The van der Waals surface area contributed by atoms with Gasteiger partial charge in [0.05, 0.1) is 30.3 Å². The Morgan fingerprint density at radius 3 is 2.49 bits per heavy atom. The van der Waals surface area contributed by atoms with E-state index in [4.69, 9.17) is 9.47 Å². The molecule has 2 aliphatic heterocycles. The van der Waals surface area contributed by atoms with Gasteiger partial charge in [0.2, 0.25) is 27.7 Å². The molecule has 16 nitrogen and oxygen atoms in total. The maximum Gasteiger partial charge on any atom is 0.405 e. The van der Waals surface area contributed by atoms with Crippen molar-refractivity contribution >= 4 is 56.2 Å². The third kappa shape index (κ3) is 8.74. The molecule has 7 atom stereocenters. The molecule has 326 valence electrons. The van der Waals surface area contributed by atoms with Crippen molar-refractivity contribution < 1.29 is 47.0 Å². The third-order valence-electron chi connectivity index (χ3n) is 12.9. The molecule has 0 spiro atoms. The van der Waals surface area contributed by atoms with Gasteiger partial charge in [-0.25, -0.2) is 18.2 Å². The molecule has 3 fully saturated rings. The van der Waals surface area contributed by atoms with E-state index in [0.29, 0.717) is 59.9 Å². The Bertz CT molecular complexity index is 2350. The van der Waals surface area contributed by atoms with Crippen LogP contribution in [0.1, 0.15) is 82.5 Å². The molecule has 1 aromatic heterocycles. The predicted octanol–water partition coefficient (Wildman–Crippen LogP) is 4.78. The van der Waals surface area contributed by atoms with E-state index >= 15 is 0 Å². The lowest BCUT2D eigenvalue weighted by atomic mass is 9.85. The lowest BCUT2D eigenvalue weighted by molar-refractivity contribution is -0.142. The molecule has 61 heavy (non-hydrogen) atoms. The highest BCUT2D eigenvalue weighted by molar-refractivity contribution is 7.91. The minimum atomic E-state index is -4.04. The zero-order chi connectivity index (χ0) is 43.9. The van der Waals surface area contributed by atoms with Crippen LogP contribution in [0, 0.1) is 17.8 Å². The minimum absolute atomic E-state index is 0.0629. The van der Waals surface area contributed by atoms with Crippen molar-refractivity contribution in [1.29, 1.82) is 0 Å². The van der Waals surface area contributed by atoms with Gasteiger partial charge >= 0.3 is 6.09 Å². The molecule has 2 aromatic carbocycles.